The largest absolute Gasteiger partial charge is 0.334 e. The summed E-state index contributed by atoms with van der Waals surface area (Å²) in [5.74, 6) is 0.0622. The van der Waals surface area contributed by atoms with Crippen molar-refractivity contribution in [1.82, 2.24) is 15.1 Å². The molecule has 0 aliphatic heterocycles. The fourth-order valence-electron chi connectivity index (χ4n) is 2.16. The van der Waals surface area contributed by atoms with Crippen LogP contribution in [0.2, 0.25) is 0 Å². The van der Waals surface area contributed by atoms with E-state index in [1.165, 1.54) is 6.07 Å². The number of benzene rings is 1. The highest BCUT2D eigenvalue weighted by Gasteiger charge is 2.13. The molecule has 3 rings (SSSR count). The average Bonchev–Trinajstić information content (AvgIpc) is 3.11. The minimum absolute atomic E-state index is 0.127. The maximum absolute atomic E-state index is 14.2. The molecule has 0 saturated heterocycles. The summed E-state index contributed by atoms with van der Waals surface area (Å²) >= 11 is 0. The predicted molar refractivity (Wildman–Crippen MR) is 95.5 cm³/mol. The molecule has 6 heteroatoms. The van der Waals surface area contributed by atoms with E-state index in [9.17, 15) is 4.39 Å². The first-order valence-electron chi connectivity index (χ1n) is 7.57. The molecule has 0 N–H and O–H groups in total. The molecule has 5 nitrogen and oxygen atoms in total. The minimum Gasteiger partial charge on any atom is -0.334 e. The highest BCUT2D eigenvalue weighted by molar-refractivity contribution is 5.72. The molecule has 0 unspecified atom stereocenters. The van der Waals surface area contributed by atoms with Crippen LogP contribution in [0.25, 0.3) is 28.7 Å². The van der Waals surface area contributed by atoms with Gasteiger partial charge in [0.2, 0.25) is 0 Å². The maximum atomic E-state index is 14.2. The van der Waals surface area contributed by atoms with Crippen LogP contribution in [0.15, 0.2) is 70.5 Å². The van der Waals surface area contributed by atoms with Gasteiger partial charge >= 0.3 is 0 Å². The van der Waals surface area contributed by atoms with E-state index in [2.05, 4.69) is 20.1 Å². The van der Waals surface area contributed by atoms with Crippen LogP contribution in [0.1, 0.15) is 5.82 Å². The molecular weight excluding hydrogens is 319 g/mol. The van der Waals surface area contributed by atoms with E-state index >= 15 is 0 Å². The van der Waals surface area contributed by atoms with E-state index < -0.39 is 5.82 Å². The fourth-order valence-corrected chi connectivity index (χ4v) is 2.16. The lowest BCUT2D eigenvalue weighted by Crippen LogP contribution is -1.87. The van der Waals surface area contributed by atoms with Crippen LogP contribution >= 0.6 is 0 Å². The van der Waals surface area contributed by atoms with Crippen LogP contribution in [-0.4, -0.2) is 28.4 Å². The third-order valence-electron chi connectivity index (χ3n) is 3.34. The van der Waals surface area contributed by atoms with E-state index in [4.69, 9.17) is 4.52 Å². The van der Waals surface area contributed by atoms with E-state index in [1.807, 2.05) is 12.1 Å². The van der Waals surface area contributed by atoms with E-state index in [0.29, 0.717) is 5.82 Å². The normalized spacial score (nSPS) is 11.9. The zero-order valence-electron chi connectivity index (χ0n) is 13.5. The molecule has 0 amide bonds. The first kappa shape index (κ1) is 16.4. The Morgan fingerprint density at radius 2 is 2.04 bits per heavy atom. The standard InChI is InChI=1S/C19H15FN4O/c1-21-10-4-2-3-7-18-23-19(25-24-18)16-12-14(8-9-17(16)20)15-6-5-11-22-13-15/h2-13H,1H3/b4-2-,7-3+,21-10?. The Morgan fingerprint density at radius 1 is 1.12 bits per heavy atom. The van der Waals surface area contributed by atoms with Crippen molar-refractivity contribution in [3.63, 3.8) is 0 Å². The minimum atomic E-state index is -0.425. The molecule has 0 aliphatic carbocycles. The number of hydrogen-bond donors (Lipinski definition) is 0. The predicted octanol–water partition coefficient (Wildman–Crippen LogP) is 4.21. The number of pyridine rings is 1. The first-order valence-corrected chi connectivity index (χ1v) is 7.57. The molecule has 2 aromatic heterocycles. The van der Waals surface area contributed by atoms with Crippen LogP contribution in [0, 0.1) is 5.82 Å². The lowest BCUT2D eigenvalue weighted by molar-refractivity contribution is 0.426. The number of aromatic nitrogens is 3. The second-order valence-corrected chi connectivity index (χ2v) is 5.05. The SMILES string of the molecule is CN=C/C=C\C=C\c1noc(-c2cc(-c3cccnc3)ccc2F)n1. The van der Waals surface area contributed by atoms with Crippen LogP contribution in [-0.2, 0) is 0 Å². The molecule has 124 valence electrons. The highest BCUT2D eigenvalue weighted by Crippen LogP contribution is 2.27. The molecule has 0 saturated carbocycles. The van der Waals surface area contributed by atoms with Crippen LogP contribution < -0.4 is 0 Å². The van der Waals surface area contributed by atoms with Gasteiger partial charge in [-0.1, -0.05) is 29.4 Å². The molecule has 3 aromatic rings. The van der Waals surface area contributed by atoms with Gasteiger partial charge in [0.05, 0.1) is 5.56 Å². The maximum Gasteiger partial charge on any atom is 0.261 e. The number of aliphatic imine (C=N–C) groups is 1. The zero-order chi connectivity index (χ0) is 17.5. The lowest BCUT2D eigenvalue weighted by atomic mass is 10.0. The molecule has 1 aromatic carbocycles. The summed E-state index contributed by atoms with van der Waals surface area (Å²) in [4.78, 5) is 12.1. The molecular formula is C19H15FN4O. The number of rotatable bonds is 5. The van der Waals surface area contributed by atoms with Gasteiger partial charge < -0.3 is 4.52 Å². The Bertz CT molecular complexity index is 930. The Morgan fingerprint density at radius 3 is 2.84 bits per heavy atom. The van der Waals surface area contributed by atoms with E-state index in [0.717, 1.165) is 11.1 Å². The Balaban J connectivity index is 1.87. The molecule has 0 fully saturated rings. The Labute approximate surface area is 144 Å². The number of hydrogen-bond acceptors (Lipinski definition) is 5. The van der Waals surface area contributed by atoms with Crippen molar-refractivity contribution in [2.75, 3.05) is 7.05 Å². The van der Waals surface area contributed by atoms with Gasteiger partial charge in [0.1, 0.15) is 5.82 Å². The second kappa shape index (κ2) is 7.92. The third-order valence-corrected chi connectivity index (χ3v) is 3.34. The van der Waals surface area contributed by atoms with Crippen molar-refractivity contribution in [3.05, 3.63) is 72.6 Å². The van der Waals surface area contributed by atoms with Gasteiger partial charge in [-0.25, -0.2) is 4.39 Å². The van der Waals surface area contributed by atoms with Crippen LogP contribution in [0.3, 0.4) is 0 Å². The van der Waals surface area contributed by atoms with Crippen molar-refractivity contribution in [2.45, 2.75) is 0 Å². The summed E-state index contributed by atoms with van der Waals surface area (Å²) in [6.45, 7) is 0. The summed E-state index contributed by atoms with van der Waals surface area (Å²) in [5.41, 5.74) is 1.95. The Kier molecular flexibility index (Phi) is 5.21. The average molecular weight is 334 g/mol. The third kappa shape index (κ3) is 4.11. The topological polar surface area (TPSA) is 64.2 Å². The van der Waals surface area contributed by atoms with Gasteiger partial charge in [-0.2, -0.15) is 4.98 Å². The summed E-state index contributed by atoms with van der Waals surface area (Å²) in [7, 11) is 1.69. The quantitative estimate of drug-likeness (QED) is 0.518. The highest BCUT2D eigenvalue weighted by atomic mass is 19.1. The summed E-state index contributed by atoms with van der Waals surface area (Å²) in [6.07, 6.45) is 12.0. The molecule has 0 atom stereocenters. The van der Waals surface area contributed by atoms with Gasteiger partial charge in [-0.05, 0) is 35.9 Å². The fraction of sp³-hybridized carbons (Fsp3) is 0.0526. The zero-order valence-corrected chi connectivity index (χ0v) is 13.5. The molecule has 0 bridgehead atoms. The number of nitrogens with zero attached hydrogens (tertiary/aromatic N) is 4. The van der Waals surface area contributed by atoms with Crippen molar-refractivity contribution < 1.29 is 8.91 Å². The molecule has 25 heavy (non-hydrogen) atoms. The van der Waals surface area contributed by atoms with Gasteiger partial charge in [0, 0.05) is 31.2 Å². The first-order chi connectivity index (χ1) is 12.3. The summed E-state index contributed by atoms with van der Waals surface area (Å²) in [5, 5.41) is 3.83. The summed E-state index contributed by atoms with van der Waals surface area (Å²) in [6, 6.07) is 8.46. The van der Waals surface area contributed by atoms with Crippen LogP contribution in [0.4, 0.5) is 4.39 Å². The molecule has 0 aliphatic rings. The van der Waals surface area contributed by atoms with E-state index in [1.54, 1.807) is 62.1 Å². The van der Waals surface area contributed by atoms with Crippen molar-refractivity contribution in [1.29, 1.82) is 0 Å². The van der Waals surface area contributed by atoms with Crippen LogP contribution in [0.5, 0.6) is 0 Å². The smallest absolute Gasteiger partial charge is 0.261 e. The van der Waals surface area contributed by atoms with Gasteiger partial charge in [-0.3, -0.25) is 9.98 Å². The monoisotopic (exact) mass is 334 g/mol. The van der Waals surface area contributed by atoms with Gasteiger partial charge in [-0.15, -0.1) is 0 Å². The number of halogens is 1. The molecule has 0 spiro atoms. The Hall–Kier alpha value is -3.41. The van der Waals surface area contributed by atoms with Crippen molar-refractivity contribution in [2.24, 2.45) is 4.99 Å². The lowest BCUT2D eigenvalue weighted by Gasteiger charge is -2.03. The van der Waals surface area contributed by atoms with E-state index in [-0.39, 0.29) is 11.5 Å². The second-order valence-electron chi connectivity index (χ2n) is 5.05. The summed E-state index contributed by atoms with van der Waals surface area (Å²) < 4.78 is 19.4. The van der Waals surface area contributed by atoms with Crippen molar-refractivity contribution >= 4 is 12.3 Å². The number of allylic oxidation sites excluding steroid dienone is 3. The molecule has 0 radical (unpaired) electrons. The molecule has 2 heterocycles. The van der Waals surface area contributed by atoms with Gasteiger partial charge in [0.25, 0.3) is 5.89 Å². The van der Waals surface area contributed by atoms with Gasteiger partial charge in [0.15, 0.2) is 5.82 Å². The van der Waals surface area contributed by atoms with Crippen molar-refractivity contribution in [3.8, 4) is 22.6 Å².